The van der Waals surface area contributed by atoms with Crippen LogP contribution in [0.2, 0.25) is 0 Å². The van der Waals surface area contributed by atoms with Crippen molar-refractivity contribution in [3.63, 3.8) is 0 Å². The van der Waals surface area contributed by atoms with E-state index < -0.39 is 0 Å². The van der Waals surface area contributed by atoms with Crippen LogP contribution in [0.5, 0.6) is 0 Å². The molecule has 14 heavy (non-hydrogen) atoms. The molecule has 0 radical (unpaired) electrons. The highest BCUT2D eigenvalue weighted by Crippen LogP contribution is 2.28. The van der Waals surface area contributed by atoms with E-state index in [2.05, 4.69) is 55.2 Å². The molecule has 0 spiro atoms. The van der Waals surface area contributed by atoms with Gasteiger partial charge in [-0.15, -0.1) is 0 Å². The summed E-state index contributed by atoms with van der Waals surface area (Å²) >= 11 is 2.07. The Bertz CT molecular complexity index is 311. The van der Waals surface area contributed by atoms with E-state index in [9.17, 15) is 0 Å². The molecule has 1 nitrogen and oxygen atoms in total. The first-order chi connectivity index (χ1) is 6.74. The van der Waals surface area contributed by atoms with E-state index in [-0.39, 0.29) is 0 Å². The maximum atomic E-state index is 3.59. The summed E-state index contributed by atoms with van der Waals surface area (Å²) in [5.74, 6) is 1.25. The fourth-order valence-corrected chi connectivity index (χ4v) is 3.04. The quantitative estimate of drug-likeness (QED) is 0.798. The van der Waals surface area contributed by atoms with Crippen molar-refractivity contribution in [3.05, 3.63) is 29.8 Å². The Hall–Kier alpha value is -0.630. The second-order valence-electron chi connectivity index (χ2n) is 4.09. The van der Waals surface area contributed by atoms with E-state index in [1.165, 1.54) is 23.4 Å². The molecule has 1 aromatic rings. The zero-order valence-corrected chi connectivity index (χ0v) is 9.60. The molecule has 0 bridgehead atoms. The molecule has 2 unspecified atom stereocenters. The Labute approximate surface area is 90.3 Å². The van der Waals surface area contributed by atoms with E-state index in [1.54, 1.807) is 0 Å². The van der Waals surface area contributed by atoms with Crippen LogP contribution in [0.1, 0.15) is 18.9 Å². The van der Waals surface area contributed by atoms with E-state index in [0.717, 1.165) is 5.25 Å². The number of anilines is 1. The monoisotopic (exact) mass is 207 g/mol. The van der Waals surface area contributed by atoms with Gasteiger partial charge in [-0.05, 0) is 31.0 Å². The van der Waals surface area contributed by atoms with Gasteiger partial charge in [-0.2, -0.15) is 11.8 Å². The highest BCUT2D eigenvalue weighted by Gasteiger charge is 2.21. The molecule has 1 N–H and O–H groups in total. The van der Waals surface area contributed by atoms with Gasteiger partial charge in [0.05, 0.1) is 0 Å². The Kier molecular flexibility index (Phi) is 3.02. The van der Waals surface area contributed by atoms with E-state index in [1.807, 2.05) is 0 Å². The van der Waals surface area contributed by atoms with Gasteiger partial charge in [0, 0.05) is 22.7 Å². The van der Waals surface area contributed by atoms with Gasteiger partial charge in [0.2, 0.25) is 0 Å². The first-order valence-corrected chi connectivity index (χ1v) is 6.24. The molecule has 2 rings (SSSR count). The lowest BCUT2D eigenvalue weighted by molar-refractivity contribution is 0.747. The average molecular weight is 207 g/mol. The topological polar surface area (TPSA) is 12.0 Å². The molecule has 0 saturated carbocycles. The van der Waals surface area contributed by atoms with Gasteiger partial charge in [0.15, 0.2) is 0 Å². The summed E-state index contributed by atoms with van der Waals surface area (Å²) in [5, 5.41) is 4.41. The Morgan fingerprint density at radius 2 is 2.29 bits per heavy atom. The van der Waals surface area contributed by atoms with Crippen molar-refractivity contribution < 1.29 is 0 Å². The first kappa shape index (κ1) is 9.91. The van der Waals surface area contributed by atoms with Crippen molar-refractivity contribution in [3.8, 4) is 0 Å². The lowest BCUT2D eigenvalue weighted by atomic mass is 10.1. The van der Waals surface area contributed by atoms with E-state index in [0.29, 0.717) is 6.04 Å². The fourth-order valence-electron chi connectivity index (χ4n) is 1.89. The Morgan fingerprint density at radius 3 is 2.93 bits per heavy atom. The van der Waals surface area contributed by atoms with Crippen LogP contribution in [0.4, 0.5) is 5.69 Å². The molecular formula is C12H17NS. The Morgan fingerprint density at radius 1 is 1.43 bits per heavy atom. The molecule has 1 aromatic carbocycles. The number of rotatable bonds is 2. The normalized spacial score (nSPS) is 26.4. The molecule has 1 saturated heterocycles. The van der Waals surface area contributed by atoms with Crippen LogP contribution in [-0.2, 0) is 0 Å². The number of nitrogens with one attached hydrogen (secondary N) is 1. The number of thioether (sulfide) groups is 1. The number of aryl methyl sites for hydroxylation is 1. The summed E-state index contributed by atoms with van der Waals surface area (Å²) in [5.41, 5.74) is 2.60. The van der Waals surface area contributed by atoms with Crippen molar-refractivity contribution in [2.75, 3.05) is 11.1 Å². The molecule has 1 aliphatic rings. The van der Waals surface area contributed by atoms with Gasteiger partial charge in [-0.3, -0.25) is 0 Å². The van der Waals surface area contributed by atoms with Crippen molar-refractivity contribution >= 4 is 17.4 Å². The van der Waals surface area contributed by atoms with Crippen LogP contribution >= 0.6 is 11.8 Å². The van der Waals surface area contributed by atoms with E-state index in [4.69, 9.17) is 0 Å². The van der Waals surface area contributed by atoms with Crippen molar-refractivity contribution in [1.29, 1.82) is 0 Å². The van der Waals surface area contributed by atoms with Gasteiger partial charge in [0.25, 0.3) is 0 Å². The summed E-state index contributed by atoms with van der Waals surface area (Å²) in [4.78, 5) is 0. The Balaban J connectivity index is 1.97. The molecule has 0 amide bonds. The number of benzene rings is 1. The molecule has 1 fully saturated rings. The highest BCUT2D eigenvalue weighted by molar-refractivity contribution is 8.00. The third-order valence-electron chi connectivity index (χ3n) is 2.59. The summed E-state index contributed by atoms with van der Waals surface area (Å²) in [6, 6.07) is 9.28. The minimum absolute atomic E-state index is 0.664. The van der Waals surface area contributed by atoms with Gasteiger partial charge >= 0.3 is 0 Å². The first-order valence-electron chi connectivity index (χ1n) is 5.19. The second kappa shape index (κ2) is 4.26. The third kappa shape index (κ3) is 2.44. The SMILES string of the molecule is Cc1cccc(NC2CSC(C)C2)c1. The molecule has 2 heteroatoms. The molecule has 2 atom stereocenters. The summed E-state index contributed by atoms with van der Waals surface area (Å²) in [6.07, 6.45) is 1.29. The minimum atomic E-state index is 0.664. The van der Waals surface area contributed by atoms with E-state index >= 15 is 0 Å². The fraction of sp³-hybridized carbons (Fsp3) is 0.500. The number of hydrogen-bond acceptors (Lipinski definition) is 2. The molecule has 0 aliphatic carbocycles. The summed E-state index contributed by atoms with van der Waals surface area (Å²) < 4.78 is 0. The van der Waals surface area contributed by atoms with Crippen LogP contribution in [0.15, 0.2) is 24.3 Å². The average Bonchev–Trinajstić information content (AvgIpc) is 2.51. The van der Waals surface area contributed by atoms with Gasteiger partial charge in [-0.25, -0.2) is 0 Å². The zero-order chi connectivity index (χ0) is 9.97. The molecule has 1 aliphatic heterocycles. The maximum Gasteiger partial charge on any atom is 0.0362 e. The summed E-state index contributed by atoms with van der Waals surface area (Å²) in [6.45, 7) is 4.44. The second-order valence-corrected chi connectivity index (χ2v) is 5.56. The molecule has 1 heterocycles. The van der Waals surface area contributed by atoms with Crippen molar-refractivity contribution in [1.82, 2.24) is 0 Å². The van der Waals surface area contributed by atoms with Crippen LogP contribution < -0.4 is 5.32 Å². The zero-order valence-electron chi connectivity index (χ0n) is 8.79. The van der Waals surface area contributed by atoms with Crippen LogP contribution in [0.3, 0.4) is 0 Å². The van der Waals surface area contributed by atoms with Crippen LogP contribution in [-0.4, -0.2) is 17.0 Å². The van der Waals surface area contributed by atoms with Crippen molar-refractivity contribution in [2.24, 2.45) is 0 Å². The molecule has 0 aromatic heterocycles. The molecule has 76 valence electrons. The maximum absolute atomic E-state index is 3.59. The minimum Gasteiger partial charge on any atom is -0.381 e. The number of hydrogen-bond donors (Lipinski definition) is 1. The highest BCUT2D eigenvalue weighted by atomic mass is 32.2. The predicted molar refractivity (Wildman–Crippen MR) is 65.1 cm³/mol. The third-order valence-corrected chi connectivity index (χ3v) is 3.94. The smallest absolute Gasteiger partial charge is 0.0362 e. The van der Waals surface area contributed by atoms with Crippen LogP contribution in [0.25, 0.3) is 0 Å². The van der Waals surface area contributed by atoms with Crippen LogP contribution in [0, 0.1) is 6.92 Å². The predicted octanol–water partition coefficient (Wildman–Crippen LogP) is 3.30. The standard InChI is InChI=1S/C12H17NS/c1-9-4-3-5-11(6-9)13-12-7-10(2)14-8-12/h3-6,10,12-13H,7-8H2,1-2H3. The molecular weight excluding hydrogens is 190 g/mol. The summed E-state index contributed by atoms with van der Waals surface area (Å²) in [7, 11) is 0. The lowest BCUT2D eigenvalue weighted by Gasteiger charge is -2.13. The van der Waals surface area contributed by atoms with Crippen molar-refractivity contribution in [2.45, 2.75) is 31.6 Å². The van der Waals surface area contributed by atoms with Gasteiger partial charge < -0.3 is 5.32 Å². The lowest BCUT2D eigenvalue weighted by Crippen LogP contribution is -2.18. The largest absolute Gasteiger partial charge is 0.381 e. The van der Waals surface area contributed by atoms with Gasteiger partial charge in [-0.1, -0.05) is 19.1 Å². The van der Waals surface area contributed by atoms with Gasteiger partial charge in [0.1, 0.15) is 0 Å².